The first-order valence-corrected chi connectivity index (χ1v) is 6.26. The standard InChI is InChI=1S/C14H20N2O3/c1-5-7-14(3,13(18)19-4)16-12(17)11-6-8-15-10(2)9-11/h6,8-9H,5,7H2,1-4H3,(H,16,17). The maximum absolute atomic E-state index is 12.2. The van der Waals surface area contributed by atoms with E-state index in [0.29, 0.717) is 12.0 Å². The molecule has 1 heterocycles. The molecule has 0 aliphatic rings. The summed E-state index contributed by atoms with van der Waals surface area (Å²) in [5, 5.41) is 2.75. The molecule has 1 amide bonds. The van der Waals surface area contributed by atoms with Crippen LogP contribution < -0.4 is 5.32 Å². The van der Waals surface area contributed by atoms with Crippen molar-refractivity contribution in [2.24, 2.45) is 0 Å². The van der Waals surface area contributed by atoms with Gasteiger partial charge in [-0.3, -0.25) is 9.78 Å². The molecular formula is C14H20N2O3. The van der Waals surface area contributed by atoms with Crippen LogP contribution >= 0.6 is 0 Å². The summed E-state index contributed by atoms with van der Waals surface area (Å²) < 4.78 is 4.76. The van der Waals surface area contributed by atoms with E-state index in [-0.39, 0.29) is 5.91 Å². The van der Waals surface area contributed by atoms with E-state index in [1.165, 1.54) is 7.11 Å². The van der Waals surface area contributed by atoms with Gasteiger partial charge in [0.1, 0.15) is 5.54 Å². The monoisotopic (exact) mass is 264 g/mol. The van der Waals surface area contributed by atoms with E-state index in [0.717, 1.165) is 12.1 Å². The highest BCUT2D eigenvalue weighted by Gasteiger charge is 2.35. The number of nitrogens with zero attached hydrogens (tertiary/aromatic N) is 1. The molecule has 1 unspecified atom stereocenters. The Bertz CT molecular complexity index is 474. The first-order valence-electron chi connectivity index (χ1n) is 6.26. The molecule has 0 bridgehead atoms. The van der Waals surface area contributed by atoms with Crippen LogP contribution in [0.5, 0.6) is 0 Å². The topological polar surface area (TPSA) is 68.3 Å². The lowest BCUT2D eigenvalue weighted by molar-refractivity contribution is -0.147. The Kier molecular flexibility index (Phi) is 5.03. The number of carbonyl (C=O) groups excluding carboxylic acids is 2. The second-order valence-electron chi connectivity index (χ2n) is 4.71. The molecule has 0 aromatic carbocycles. The highest BCUT2D eigenvalue weighted by molar-refractivity contribution is 5.98. The Morgan fingerprint density at radius 2 is 2.16 bits per heavy atom. The fraction of sp³-hybridized carbons (Fsp3) is 0.500. The third kappa shape index (κ3) is 3.77. The van der Waals surface area contributed by atoms with Crippen molar-refractivity contribution >= 4 is 11.9 Å². The number of rotatable bonds is 5. The Labute approximate surface area is 113 Å². The largest absolute Gasteiger partial charge is 0.467 e. The van der Waals surface area contributed by atoms with E-state index in [1.54, 1.807) is 25.3 Å². The van der Waals surface area contributed by atoms with E-state index in [4.69, 9.17) is 4.74 Å². The predicted octanol–water partition coefficient (Wildman–Crippen LogP) is 1.85. The minimum Gasteiger partial charge on any atom is -0.467 e. The zero-order chi connectivity index (χ0) is 14.5. The summed E-state index contributed by atoms with van der Waals surface area (Å²) in [5.74, 6) is -0.736. The zero-order valence-corrected chi connectivity index (χ0v) is 11.8. The van der Waals surface area contributed by atoms with Gasteiger partial charge >= 0.3 is 5.97 Å². The van der Waals surface area contributed by atoms with E-state index < -0.39 is 11.5 Å². The number of carbonyl (C=O) groups is 2. The minimum atomic E-state index is -1.00. The smallest absolute Gasteiger partial charge is 0.331 e. The van der Waals surface area contributed by atoms with Crippen LogP contribution in [0.2, 0.25) is 0 Å². The van der Waals surface area contributed by atoms with Crippen LogP contribution in [0.4, 0.5) is 0 Å². The normalized spacial score (nSPS) is 13.5. The maximum atomic E-state index is 12.2. The van der Waals surface area contributed by atoms with Crippen LogP contribution in [-0.4, -0.2) is 29.5 Å². The molecule has 0 spiro atoms. The number of amides is 1. The van der Waals surface area contributed by atoms with Gasteiger partial charge in [0.2, 0.25) is 0 Å². The number of hydrogen-bond acceptors (Lipinski definition) is 4. The van der Waals surface area contributed by atoms with Crippen molar-refractivity contribution in [2.75, 3.05) is 7.11 Å². The average molecular weight is 264 g/mol. The summed E-state index contributed by atoms with van der Waals surface area (Å²) in [5.41, 5.74) is 0.235. The predicted molar refractivity (Wildman–Crippen MR) is 71.8 cm³/mol. The van der Waals surface area contributed by atoms with Gasteiger partial charge in [-0.05, 0) is 32.4 Å². The van der Waals surface area contributed by atoms with Gasteiger partial charge in [-0.1, -0.05) is 13.3 Å². The van der Waals surface area contributed by atoms with Crippen molar-refractivity contribution in [3.63, 3.8) is 0 Å². The lowest BCUT2D eigenvalue weighted by Gasteiger charge is -2.27. The van der Waals surface area contributed by atoms with Gasteiger partial charge in [-0.25, -0.2) is 4.79 Å². The molecule has 19 heavy (non-hydrogen) atoms. The molecule has 104 valence electrons. The fourth-order valence-corrected chi connectivity index (χ4v) is 1.95. The van der Waals surface area contributed by atoms with Crippen LogP contribution in [0.15, 0.2) is 18.3 Å². The maximum Gasteiger partial charge on any atom is 0.331 e. The molecule has 0 fully saturated rings. The molecule has 0 aliphatic heterocycles. The molecule has 1 atom stereocenters. The van der Waals surface area contributed by atoms with Gasteiger partial charge in [0, 0.05) is 17.5 Å². The van der Waals surface area contributed by atoms with Crippen molar-refractivity contribution in [1.82, 2.24) is 10.3 Å². The lowest BCUT2D eigenvalue weighted by atomic mass is 9.95. The minimum absolute atomic E-state index is 0.299. The molecule has 5 nitrogen and oxygen atoms in total. The fourth-order valence-electron chi connectivity index (χ4n) is 1.95. The number of aryl methyl sites for hydroxylation is 1. The Hall–Kier alpha value is -1.91. The van der Waals surface area contributed by atoms with Crippen molar-refractivity contribution in [1.29, 1.82) is 0 Å². The highest BCUT2D eigenvalue weighted by atomic mass is 16.5. The Morgan fingerprint density at radius 3 is 2.68 bits per heavy atom. The molecule has 5 heteroatoms. The highest BCUT2D eigenvalue weighted by Crippen LogP contribution is 2.15. The summed E-state index contributed by atoms with van der Waals surface area (Å²) in [6.45, 7) is 5.43. The van der Waals surface area contributed by atoms with E-state index in [9.17, 15) is 9.59 Å². The molecule has 1 rings (SSSR count). The SMILES string of the molecule is CCCC(C)(NC(=O)c1ccnc(C)c1)C(=O)OC. The van der Waals surface area contributed by atoms with Crippen molar-refractivity contribution in [3.05, 3.63) is 29.6 Å². The summed E-state index contributed by atoms with van der Waals surface area (Å²) >= 11 is 0. The number of pyridine rings is 1. The molecule has 1 aromatic heterocycles. The van der Waals surface area contributed by atoms with Gasteiger partial charge in [-0.2, -0.15) is 0 Å². The van der Waals surface area contributed by atoms with E-state index in [2.05, 4.69) is 10.3 Å². The van der Waals surface area contributed by atoms with Crippen LogP contribution in [0, 0.1) is 6.92 Å². The van der Waals surface area contributed by atoms with Gasteiger partial charge in [-0.15, -0.1) is 0 Å². The van der Waals surface area contributed by atoms with Crippen molar-refractivity contribution < 1.29 is 14.3 Å². The molecule has 0 radical (unpaired) electrons. The van der Waals surface area contributed by atoms with Crippen LogP contribution in [-0.2, 0) is 9.53 Å². The Balaban J connectivity index is 2.91. The number of ether oxygens (including phenoxy) is 1. The zero-order valence-electron chi connectivity index (χ0n) is 11.8. The third-order valence-corrected chi connectivity index (χ3v) is 2.93. The van der Waals surface area contributed by atoms with Gasteiger partial charge in [0.15, 0.2) is 0 Å². The van der Waals surface area contributed by atoms with Crippen LogP contribution in [0.1, 0.15) is 42.7 Å². The van der Waals surface area contributed by atoms with Gasteiger partial charge in [0.05, 0.1) is 7.11 Å². The molecule has 1 aromatic rings. The molecular weight excluding hydrogens is 244 g/mol. The molecule has 0 saturated heterocycles. The first-order chi connectivity index (χ1) is 8.92. The average Bonchev–Trinajstić information content (AvgIpc) is 2.37. The summed E-state index contributed by atoms with van der Waals surface area (Å²) in [6, 6.07) is 3.30. The first kappa shape index (κ1) is 15.1. The molecule has 0 saturated carbocycles. The number of aromatic nitrogens is 1. The number of nitrogens with one attached hydrogen (secondary N) is 1. The summed E-state index contributed by atoms with van der Waals surface area (Å²) in [6.07, 6.45) is 2.86. The van der Waals surface area contributed by atoms with Crippen molar-refractivity contribution in [3.8, 4) is 0 Å². The molecule has 1 N–H and O–H groups in total. The van der Waals surface area contributed by atoms with E-state index in [1.807, 2.05) is 13.8 Å². The second-order valence-corrected chi connectivity index (χ2v) is 4.71. The summed E-state index contributed by atoms with van der Waals surface area (Å²) in [4.78, 5) is 28.0. The number of methoxy groups -OCH3 is 1. The lowest BCUT2D eigenvalue weighted by Crippen LogP contribution is -2.52. The summed E-state index contributed by atoms with van der Waals surface area (Å²) in [7, 11) is 1.32. The second kappa shape index (κ2) is 6.31. The van der Waals surface area contributed by atoms with Crippen molar-refractivity contribution in [2.45, 2.75) is 39.2 Å². The van der Waals surface area contributed by atoms with Gasteiger partial charge < -0.3 is 10.1 Å². The quantitative estimate of drug-likeness (QED) is 0.824. The number of esters is 1. The number of hydrogen-bond donors (Lipinski definition) is 1. The van der Waals surface area contributed by atoms with Crippen LogP contribution in [0.3, 0.4) is 0 Å². The third-order valence-electron chi connectivity index (χ3n) is 2.93. The Morgan fingerprint density at radius 1 is 1.47 bits per heavy atom. The molecule has 0 aliphatic carbocycles. The van der Waals surface area contributed by atoms with Gasteiger partial charge in [0.25, 0.3) is 5.91 Å². The van der Waals surface area contributed by atoms with E-state index >= 15 is 0 Å². The van der Waals surface area contributed by atoms with Crippen LogP contribution in [0.25, 0.3) is 0 Å².